The first-order valence-electron chi connectivity index (χ1n) is 11.3. The maximum Gasteiger partial charge on any atom is 0.255 e. The van der Waals surface area contributed by atoms with Crippen LogP contribution < -0.4 is 20.5 Å². The Balaban J connectivity index is 1.49. The van der Waals surface area contributed by atoms with Crippen LogP contribution in [0.5, 0.6) is 5.75 Å². The molecule has 3 heterocycles. The van der Waals surface area contributed by atoms with Crippen molar-refractivity contribution in [3.05, 3.63) is 69.7 Å². The van der Waals surface area contributed by atoms with Crippen molar-refractivity contribution in [3.63, 3.8) is 0 Å². The largest absolute Gasteiger partial charge is 0.496 e. The van der Waals surface area contributed by atoms with Gasteiger partial charge in [0.1, 0.15) is 17.6 Å². The van der Waals surface area contributed by atoms with Gasteiger partial charge in [0.15, 0.2) is 0 Å². The zero-order chi connectivity index (χ0) is 24.1. The molecular formula is C24H30N6O4. The topological polar surface area (TPSA) is 114 Å². The number of amides is 1. The first kappa shape index (κ1) is 23.5. The van der Waals surface area contributed by atoms with Crippen molar-refractivity contribution < 1.29 is 14.3 Å². The Morgan fingerprint density at radius 3 is 2.74 bits per heavy atom. The Labute approximate surface area is 197 Å². The van der Waals surface area contributed by atoms with Crippen LogP contribution in [0.3, 0.4) is 0 Å². The third kappa shape index (κ3) is 5.12. The summed E-state index contributed by atoms with van der Waals surface area (Å²) < 4.78 is 12.7. The predicted octanol–water partition coefficient (Wildman–Crippen LogP) is 1.50. The summed E-state index contributed by atoms with van der Waals surface area (Å²) in [6.07, 6.45) is 3.93. The average molecular weight is 467 g/mol. The van der Waals surface area contributed by atoms with E-state index in [4.69, 9.17) is 9.47 Å². The molecule has 10 nitrogen and oxygen atoms in total. The molecule has 0 saturated carbocycles. The van der Waals surface area contributed by atoms with E-state index in [2.05, 4.69) is 20.3 Å². The maximum absolute atomic E-state index is 13.0. The minimum absolute atomic E-state index is 0.137. The molecule has 180 valence electrons. The van der Waals surface area contributed by atoms with Crippen molar-refractivity contribution in [1.29, 1.82) is 0 Å². The summed E-state index contributed by atoms with van der Waals surface area (Å²) in [6.45, 7) is 4.38. The van der Waals surface area contributed by atoms with E-state index >= 15 is 0 Å². The number of hydrogen-bond donors (Lipinski definition) is 2. The lowest BCUT2D eigenvalue weighted by molar-refractivity contribution is -0.121. The fourth-order valence-corrected chi connectivity index (χ4v) is 4.13. The number of para-hydroxylation sites is 1. The molecule has 3 aromatic rings. The zero-order valence-corrected chi connectivity index (χ0v) is 19.7. The Morgan fingerprint density at radius 1 is 1.29 bits per heavy atom. The number of carbonyl (C=O) groups is 1. The van der Waals surface area contributed by atoms with E-state index in [1.54, 1.807) is 20.2 Å². The number of carbonyl (C=O) groups excluding carboxylic acids is 1. The lowest BCUT2D eigenvalue weighted by Crippen LogP contribution is -2.38. The van der Waals surface area contributed by atoms with Gasteiger partial charge in [0, 0.05) is 55.8 Å². The Hall–Kier alpha value is -3.66. The van der Waals surface area contributed by atoms with E-state index in [1.807, 2.05) is 47.0 Å². The number of hydrogen-bond acceptors (Lipinski definition) is 7. The average Bonchev–Trinajstić information content (AvgIpc) is 3.28. The summed E-state index contributed by atoms with van der Waals surface area (Å²) in [5.41, 5.74) is 1.73. The fourth-order valence-electron chi connectivity index (χ4n) is 4.13. The molecule has 1 unspecified atom stereocenters. The van der Waals surface area contributed by atoms with Gasteiger partial charge in [0.25, 0.3) is 5.56 Å². The minimum Gasteiger partial charge on any atom is -0.496 e. The van der Waals surface area contributed by atoms with E-state index in [0.717, 1.165) is 5.56 Å². The minimum atomic E-state index is -0.496. The summed E-state index contributed by atoms with van der Waals surface area (Å²) in [4.78, 5) is 39.6. The quantitative estimate of drug-likeness (QED) is 0.517. The van der Waals surface area contributed by atoms with Gasteiger partial charge in [0.2, 0.25) is 11.9 Å². The van der Waals surface area contributed by atoms with Gasteiger partial charge in [-0.25, -0.2) is 9.97 Å². The molecule has 1 aromatic carbocycles. The second-order valence-electron chi connectivity index (χ2n) is 8.19. The van der Waals surface area contributed by atoms with Crippen LogP contribution in [0.4, 0.5) is 5.95 Å². The van der Waals surface area contributed by atoms with Gasteiger partial charge in [0.05, 0.1) is 20.3 Å². The van der Waals surface area contributed by atoms with Gasteiger partial charge < -0.3 is 24.3 Å². The summed E-state index contributed by atoms with van der Waals surface area (Å²) in [7, 11) is 3.47. The molecule has 34 heavy (non-hydrogen) atoms. The lowest BCUT2D eigenvalue weighted by Gasteiger charge is -2.27. The third-order valence-corrected chi connectivity index (χ3v) is 5.99. The SMILES string of the molecule is COc1ccccc1C(NC(=O)CCc1c(C)nc(N2CCOCC2)[nH]c1=O)c1nccn1C. The Bertz CT molecular complexity index is 1200. The molecule has 0 radical (unpaired) electrons. The van der Waals surface area contributed by atoms with E-state index in [1.165, 1.54) is 0 Å². The van der Waals surface area contributed by atoms with Crippen molar-refractivity contribution in [1.82, 2.24) is 24.8 Å². The summed E-state index contributed by atoms with van der Waals surface area (Å²) >= 11 is 0. The van der Waals surface area contributed by atoms with Crippen LogP contribution in [0.15, 0.2) is 41.5 Å². The highest BCUT2D eigenvalue weighted by Gasteiger charge is 2.24. The van der Waals surface area contributed by atoms with Crippen molar-refractivity contribution >= 4 is 11.9 Å². The van der Waals surface area contributed by atoms with E-state index in [9.17, 15) is 9.59 Å². The third-order valence-electron chi connectivity index (χ3n) is 5.99. The lowest BCUT2D eigenvalue weighted by atomic mass is 10.0. The first-order valence-corrected chi connectivity index (χ1v) is 11.3. The van der Waals surface area contributed by atoms with Crippen LogP contribution in [0.2, 0.25) is 0 Å². The van der Waals surface area contributed by atoms with Gasteiger partial charge in [-0.3, -0.25) is 14.6 Å². The highest BCUT2D eigenvalue weighted by Crippen LogP contribution is 2.29. The predicted molar refractivity (Wildman–Crippen MR) is 127 cm³/mol. The maximum atomic E-state index is 13.0. The van der Waals surface area contributed by atoms with Crippen LogP contribution in [0.1, 0.15) is 35.1 Å². The smallest absolute Gasteiger partial charge is 0.255 e. The molecule has 1 aliphatic rings. The Morgan fingerprint density at radius 2 is 2.06 bits per heavy atom. The van der Waals surface area contributed by atoms with Gasteiger partial charge in [-0.05, 0) is 19.4 Å². The molecule has 4 rings (SSSR count). The first-order chi connectivity index (χ1) is 16.5. The Kier molecular flexibility index (Phi) is 7.27. The molecule has 1 saturated heterocycles. The number of rotatable bonds is 8. The number of imidazole rings is 1. The number of aryl methyl sites for hydroxylation is 2. The number of ether oxygens (including phenoxy) is 2. The molecule has 0 aliphatic carbocycles. The second-order valence-corrected chi connectivity index (χ2v) is 8.19. The number of benzene rings is 1. The normalized spacial score (nSPS) is 14.6. The summed E-state index contributed by atoms with van der Waals surface area (Å²) in [5.74, 6) is 1.69. The molecule has 0 bridgehead atoms. The highest BCUT2D eigenvalue weighted by molar-refractivity contribution is 5.77. The van der Waals surface area contributed by atoms with Crippen LogP contribution in [0.25, 0.3) is 0 Å². The molecular weight excluding hydrogens is 436 g/mol. The van der Waals surface area contributed by atoms with Crippen molar-refractivity contribution in [2.75, 3.05) is 38.3 Å². The summed E-state index contributed by atoms with van der Waals surface area (Å²) in [6, 6.07) is 7.03. The van der Waals surface area contributed by atoms with Crippen LogP contribution in [-0.2, 0) is 23.0 Å². The molecule has 2 aromatic heterocycles. The summed E-state index contributed by atoms with van der Waals surface area (Å²) in [5, 5.41) is 3.07. The number of morpholine rings is 1. The second kappa shape index (κ2) is 10.5. The van der Waals surface area contributed by atoms with Gasteiger partial charge in [-0.1, -0.05) is 18.2 Å². The van der Waals surface area contributed by atoms with Crippen LogP contribution >= 0.6 is 0 Å². The van der Waals surface area contributed by atoms with Gasteiger partial charge in [-0.2, -0.15) is 0 Å². The van der Waals surface area contributed by atoms with Gasteiger partial charge in [-0.15, -0.1) is 0 Å². The molecule has 0 spiro atoms. The molecule has 2 N–H and O–H groups in total. The molecule has 1 aliphatic heterocycles. The van der Waals surface area contributed by atoms with E-state index < -0.39 is 6.04 Å². The van der Waals surface area contributed by atoms with Crippen molar-refractivity contribution in [3.8, 4) is 5.75 Å². The molecule has 1 fully saturated rings. The number of anilines is 1. The van der Waals surface area contributed by atoms with Crippen LogP contribution in [-0.4, -0.2) is 58.8 Å². The molecule has 1 atom stereocenters. The van der Waals surface area contributed by atoms with E-state index in [0.29, 0.717) is 55.1 Å². The molecule has 1 amide bonds. The van der Waals surface area contributed by atoms with Crippen molar-refractivity contribution in [2.24, 2.45) is 7.05 Å². The van der Waals surface area contributed by atoms with Crippen LogP contribution in [0, 0.1) is 6.92 Å². The monoisotopic (exact) mass is 466 g/mol. The number of H-pyrrole nitrogens is 1. The standard InChI is InChI=1S/C24H30N6O4/c1-16-17(23(32)28-24(26-16)30-12-14-34-15-13-30)8-9-20(31)27-21(22-25-10-11-29(22)2)18-6-4-5-7-19(18)33-3/h4-7,10-11,21H,8-9,12-15H2,1-3H3,(H,27,31)(H,26,28,32). The fraction of sp³-hybridized carbons (Fsp3) is 0.417. The van der Waals surface area contributed by atoms with Gasteiger partial charge >= 0.3 is 0 Å². The number of nitrogens with one attached hydrogen (secondary N) is 2. The number of aromatic amines is 1. The van der Waals surface area contributed by atoms with E-state index in [-0.39, 0.29) is 24.3 Å². The molecule has 10 heteroatoms. The van der Waals surface area contributed by atoms with Crippen molar-refractivity contribution in [2.45, 2.75) is 25.8 Å². The highest BCUT2D eigenvalue weighted by atomic mass is 16.5. The number of methoxy groups -OCH3 is 1. The number of nitrogens with zero attached hydrogens (tertiary/aromatic N) is 4. The number of aromatic nitrogens is 4. The zero-order valence-electron chi connectivity index (χ0n) is 19.7.